The molecule has 1 fully saturated rings. The lowest BCUT2D eigenvalue weighted by molar-refractivity contribution is 0.298. The molecule has 1 aliphatic rings. The summed E-state index contributed by atoms with van der Waals surface area (Å²) in [4.78, 5) is 0.175. The van der Waals surface area contributed by atoms with E-state index in [1.807, 2.05) is 7.05 Å². The van der Waals surface area contributed by atoms with Gasteiger partial charge >= 0.3 is 0 Å². The smallest absolute Gasteiger partial charge is 0.243 e. The summed E-state index contributed by atoms with van der Waals surface area (Å²) < 4.78 is 39.5. The van der Waals surface area contributed by atoms with Crippen molar-refractivity contribution in [1.82, 2.24) is 9.62 Å². The predicted octanol–water partition coefficient (Wildman–Crippen LogP) is 1.93. The lowest BCUT2D eigenvalue weighted by Gasteiger charge is -2.31. The van der Waals surface area contributed by atoms with Gasteiger partial charge in [0.15, 0.2) is 0 Å². The molecule has 2 rings (SSSR count). The largest absolute Gasteiger partial charge is 0.317 e. The second-order valence-corrected chi connectivity index (χ2v) is 6.82. The number of hydrogen-bond donors (Lipinski definition) is 1. The first-order valence-corrected chi connectivity index (χ1v) is 7.82. The molecule has 0 radical (unpaired) electrons. The third-order valence-corrected chi connectivity index (χ3v) is 5.52. The summed E-state index contributed by atoms with van der Waals surface area (Å²) in [6, 6.07) is 4.32. The van der Waals surface area contributed by atoms with Gasteiger partial charge in [0, 0.05) is 19.1 Å². The third kappa shape index (κ3) is 3.49. The molecule has 1 aromatic carbocycles. The van der Waals surface area contributed by atoms with E-state index in [0.717, 1.165) is 12.8 Å². The predicted molar refractivity (Wildman–Crippen MR) is 79.2 cm³/mol. The number of benzene rings is 1. The van der Waals surface area contributed by atoms with Crippen molar-refractivity contribution in [2.45, 2.75) is 30.7 Å². The van der Waals surface area contributed by atoms with Crippen molar-refractivity contribution >= 4 is 22.4 Å². The van der Waals surface area contributed by atoms with E-state index in [2.05, 4.69) is 5.32 Å². The number of nitrogens with zero attached hydrogens (tertiary/aromatic N) is 1. The SMILES string of the molecule is CNC1CCN(S(=O)(=O)c2ccc(F)c(C)c2)CC1.Cl. The Balaban J connectivity index is 0.00000200. The van der Waals surface area contributed by atoms with E-state index in [4.69, 9.17) is 0 Å². The van der Waals surface area contributed by atoms with Crippen LogP contribution in [0, 0.1) is 12.7 Å². The molecule has 0 bridgehead atoms. The summed E-state index contributed by atoms with van der Waals surface area (Å²) in [5, 5.41) is 3.16. The Morgan fingerprint density at radius 2 is 1.90 bits per heavy atom. The van der Waals surface area contributed by atoms with Gasteiger partial charge in [-0.25, -0.2) is 12.8 Å². The van der Waals surface area contributed by atoms with Gasteiger partial charge in [-0.05, 0) is 50.6 Å². The van der Waals surface area contributed by atoms with Crippen molar-refractivity contribution in [1.29, 1.82) is 0 Å². The van der Waals surface area contributed by atoms with E-state index in [1.165, 1.54) is 22.5 Å². The van der Waals surface area contributed by atoms with Crippen LogP contribution in [0.4, 0.5) is 4.39 Å². The van der Waals surface area contributed by atoms with Crippen LogP contribution in [0.3, 0.4) is 0 Å². The molecular weight excluding hydrogens is 303 g/mol. The summed E-state index contributed by atoms with van der Waals surface area (Å²) in [5.41, 5.74) is 0.353. The topological polar surface area (TPSA) is 49.4 Å². The molecule has 0 saturated carbocycles. The number of rotatable bonds is 3. The standard InChI is InChI=1S/C13H19FN2O2S.ClH/c1-10-9-12(3-4-13(10)14)19(17,18)16-7-5-11(15-2)6-8-16;/h3-4,9,11,15H,5-8H2,1-2H3;1H. The molecule has 114 valence electrons. The van der Waals surface area contributed by atoms with Crippen LogP contribution in [0.5, 0.6) is 0 Å². The molecule has 4 nitrogen and oxygen atoms in total. The van der Waals surface area contributed by atoms with E-state index in [1.54, 1.807) is 6.92 Å². The maximum absolute atomic E-state index is 13.2. The van der Waals surface area contributed by atoms with Crippen molar-refractivity contribution in [3.63, 3.8) is 0 Å². The van der Waals surface area contributed by atoms with E-state index < -0.39 is 10.0 Å². The monoisotopic (exact) mass is 322 g/mol. The summed E-state index contributed by atoms with van der Waals surface area (Å²) in [5.74, 6) is -0.382. The third-order valence-electron chi connectivity index (χ3n) is 3.63. The second kappa shape index (κ2) is 6.85. The van der Waals surface area contributed by atoms with Crippen LogP contribution in [-0.4, -0.2) is 38.9 Å². The number of nitrogens with one attached hydrogen (secondary N) is 1. The Morgan fingerprint density at radius 3 is 2.40 bits per heavy atom. The minimum Gasteiger partial charge on any atom is -0.317 e. The van der Waals surface area contributed by atoms with Gasteiger partial charge in [-0.15, -0.1) is 12.4 Å². The highest BCUT2D eigenvalue weighted by molar-refractivity contribution is 7.89. The summed E-state index contributed by atoms with van der Waals surface area (Å²) in [6.07, 6.45) is 1.60. The Hall–Kier alpha value is -0.690. The van der Waals surface area contributed by atoms with Gasteiger partial charge in [-0.3, -0.25) is 0 Å². The maximum atomic E-state index is 13.2. The Bertz CT molecular complexity index is 557. The fourth-order valence-electron chi connectivity index (χ4n) is 2.31. The van der Waals surface area contributed by atoms with Gasteiger partial charge in [0.05, 0.1) is 4.90 Å². The van der Waals surface area contributed by atoms with Crippen LogP contribution in [0.1, 0.15) is 18.4 Å². The number of aryl methyl sites for hydroxylation is 1. The van der Waals surface area contributed by atoms with Gasteiger partial charge in [-0.1, -0.05) is 0 Å². The number of halogens is 2. The molecule has 0 aliphatic carbocycles. The Morgan fingerprint density at radius 1 is 1.30 bits per heavy atom. The Kier molecular flexibility index (Phi) is 5.94. The zero-order valence-corrected chi connectivity index (χ0v) is 13.2. The number of piperidine rings is 1. The molecule has 1 N–H and O–H groups in total. The first-order chi connectivity index (χ1) is 8.95. The van der Waals surface area contributed by atoms with Crippen LogP contribution >= 0.6 is 12.4 Å². The van der Waals surface area contributed by atoms with Crippen molar-refractivity contribution in [3.05, 3.63) is 29.6 Å². The van der Waals surface area contributed by atoms with Gasteiger partial charge < -0.3 is 5.32 Å². The second-order valence-electron chi connectivity index (χ2n) is 4.88. The molecule has 1 saturated heterocycles. The quantitative estimate of drug-likeness (QED) is 0.925. The van der Waals surface area contributed by atoms with E-state index in [9.17, 15) is 12.8 Å². The zero-order chi connectivity index (χ0) is 14.0. The van der Waals surface area contributed by atoms with E-state index in [0.29, 0.717) is 24.7 Å². The average Bonchev–Trinajstić information content (AvgIpc) is 2.41. The summed E-state index contributed by atoms with van der Waals surface area (Å²) in [6.45, 7) is 2.58. The van der Waals surface area contributed by atoms with Crippen molar-refractivity contribution in [2.75, 3.05) is 20.1 Å². The van der Waals surface area contributed by atoms with Gasteiger partial charge in [-0.2, -0.15) is 4.31 Å². The molecule has 1 aliphatic heterocycles. The van der Waals surface area contributed by atoms with Gasteiger partial charge in [0.2, 0.25) is 10.0 Å². The fraction of sp³-hybridized carbons (Fsp3) is 0.538. The lowest BCUT2D eigenvalue weighted by Crippen LogP contribution is -2.43. The molecule has 0 spiro atoms. The minimum atomic E-state index is -3.49. The summed E-state index contributed by atoms with van der Waals surface area (Å²) in [7, 11) is -1.61. The number of sulfonamides is 1. The van der Waals surface area contributed by atoms with Crippen molar-refractivity contribution in [2.24, 2.45) is 0 Å². The van der Waals surface area contributed by atoms with Crippen molar-refractivity contribution < 1.29 is 12.8 Å². The molecule has 0 amide bonds. The number of hydrogen-bond acceptors (Lipinski definition) is 3. The molecule has 7 heteroatoms. The van der Waals surface area contributed by atoms with Crippen LogP contribution in [0.2, 0.25) is 0 Å². The lowest BCUT2D eigenvalue weighted by atomic mass is 10.1. The average molecular weight is 323 g/mol. The van der Waals surface area contributed by atoms with E-state index in [-0.39, 0.29) is 23.1 Å². The first kappa shape index (κ1) is 17.4. The summed E-state index contributed by atoms with van der Waals surface area (Å²) >= 11 is 0. The van der Waals surface area contributed by atoms with Crippen molar-refractivity contribution in [3.8, 4) is 0 Å². The normalized spacial score (nSPS) is 17.8. The fourth-order valence-corrected chi connectivity index (χ4v) is 3.87. The van der Waals surface area contributed by atoms with Gasteiger partial charge in [0.25, 0.3) is 0 Å². The molecule has 0 aromatic heterocycles. The van der Waals surface area contributed by atoms with Crippen LogP contribution in [-0.2, 0) is 10.0 Å². The highest BCUT2D eigenvalue weighted by Gasteiger charge is 2.29. The highest BCUT2D eigenvalue weighted by Crippen LogP contribution is 2.22. The first-order valence-electron chi connectivity index (χ1n) is 6.38. The molecule has 20 heavy (non-hydrogen) atoms. The molecular formula is C13H20ClFN2O2S. The molecule has 1 heterocycles. The minimum absolute atomic E-state index is 0. The Labute approximate surface area is 125 Å². The van der Waals surface area contributed by atoms with Crippen LogP contribution < -0.4 is 5.32 Å². The van der Waals surface area contributed by atoms with E-state index >= 15 is 0 Å². The highest BCUT2D eigenvalue weighted by atomic mass is 35.5. The molecule has 1 aromatic rings. The van der Waals surface area contributed by atoms with Crippen LogP contribution in [0.15, 0.2) is 23.1 Å². The molecule has 0 unspecified atom stereocenters. The zero-order valence-electron chi connectivity index (χ0n) is 11.6. The maximum Gasteiger partial charge on any atom is 0.243 e. The van der Waals surface area contributed by atoms with Gasteiger partial charge in [0.1, 0.15) is 5.82 Å². The molecule has 0 atom stereocenters. The van der Waals surface area contributed by atoms with Crippen LogP contribution in [0.25, 0.3) is 0 Å².